The maximum Gasteiger partial charge on any atom is 0.330 e. The molecule has 1 unspecified atom stereocenters. The van der Waals surface area contributed by atoms with E-state index in [1.165, 1.54) is 25.5 Å². The fourth-order valence-electron chi connectivity index (χ4n) is 3.11. The van der Waals surface area contributed by atoms with Crippen LogP contribution in [0.5, 0.6) is 0 Å². The Balaban J connectivity index is 2.41. The van der Waals surface area contributed by atoms with Gasteiger partial charge in [-0.1, -0.05) is 17.7 Å². The minimum atomic E-state index is -0.765. The average Bonchev–Trinajstić information content (AvgIpc) is 3.18. The molecule has 2 rings (SSSR count). The van der Waals surface area contributed by atoms with Crippen LogP contribution in [0.15, 0.2) is 12.1 Å². The van der Waals surface area contributed by atoms with Crippen LogP contribution in [0.2, 0.25) is 0 Å². The van der Waals surface area contributed by atoms with Crippen molar-refractivity contribution in [1.82, 2.24) is 5.32 Å². The lowest BCUT2D eigenvalue weighted by Gasteiger charge is -2.32. The highest BCUT2D eigenvalue weighted by Gasteiger charge is 2.39. The van der Waals surface area contributed by atoms with Gasteiger partial charge in [0.05, 0.1) is 7.11 Å². The summed E-state index contributed by atoms with van der Waals surface area (Å²) in [6, 6.07) is 4.25. The van der Waals surface area contributed by atoms with E-state index in [9.17, 15) is 4.79 Å². The summed E-state index contributed by atoms with van der Waals surface area (Å²) in [4.78, 5) is 12.4. The second-order valence-electron chi connectivity index (χ2n) is 6.21. The van der Waals surface area contributed by atoms with Gasteiger partial charge in [0.2, 0.25) is 0 Å². The first-order valence-corrected chi connectivity index (χ1v) is 7.30. The zero-order valence-electron chi connectivity index (χ0n) is 13.2. The quantitative estimate of drug-likeness (QED) is 0.840. The van der Waals surface area contributed by atoms with E-state index < -0.39 is 5.54 Å². The highest BCUT2D eigenvalue weighted by atomic mass is 16.5. The number of nitrogens with one attached hydrogen (secondary N) is 1. The summed E-state index contributed by atoms with van der Waals surface area (Å²) < 4.78 is 5.06. The first-order valence-electron chi connectivity index (χ1n) is 7.30. The van der Waals surface area contributed by atoms with Crippen LogP contribution < -0.4 is 5.32 Å². The molecule has 1 aliphatic rings. The summed E-state index contributed by atoms with van der Waals surface area (Å²) >= 11 is 0. The number of ether oxygens (including phenoxy) is 1. The van der Waals surface area contributed by atoms with Gasteiger partial charge >= 0.3 is 5.97 Å². The van der Waals surface area contributed by atoms with Gasteiger partial charge in [0.25, 0.3) is 0 Å². The molecule has 0 bridgehead atoms. The number of aryl methyl sites for hydroxylation is 3. The van der Waals surface area contributed by atoms with Crippen LogP contribution in [0.25, 0.3) is 0 Å². The van der Waals surface area contributed by atoms with Crippen LogP contribution in [0.4, 0.5) is 0 Å². The molecule has 1 aliphatic carbocycles. The van der Waals surface area contributed by atoms with Crippen LogP contribution in [-0.2, 0) is 15.1 Å². The number of carbonyl (C=O) groups is 1. The van der Waals surface area contributed by atoms with E-state index in [2.05, 4.69) is 38.2 Å². The van der Waals surface area contributed by atoms with E-state index in [0.29, 0.717) is 5.92 Å². The average molecular weight is 275 g/mol. The van der Waals surface area contributed by atoms with Crippen molar-refractivity contribution in [3.8, 4) is 0 Å². The molecular weight excluding hydrogens is 250 g/mol. The Bertz CT molecular complexity index is 497. The predicted molar refractivity (Wildman–Crippen MR) is 80.7 cm³/mol. The molecule has 0 radical (unpaired) electrons. The van der Waals surface area contributed by atoms with E-state index in [1.54, 1.807) is 0 Å². The highest BCUT2D eigenvalue weighted by Crippen LogP contribution is 2.33. The van der Waals surface area contributed by atoms with E-state index in [1.807, 2.05) is 6.92 Å². The first kappa shape index (κ1) is 15.0. The largest absolute Gasteiger partial charge is 0.467 e. The number of hydrogen-bond acceptors (Lipinski definition) is 3. The molecule has 1 aromatic rings. The molecule has 1 N–H and O–H groups in total. The molecule has 0 saturated heterocycles. The number of carbonyl (C=O) groups excluding carboxylic acids is 1. The molecule has 1 aromatic carbocycles. The van der Waals surface area contributed by atoms with Gasteiger partial charge in [-0.15, -0.1) is 0 Å². The third kappa shape index (κ3) is 2.88. The third-order valence-corrected chi connectivity index (χ3v) is 4.21. The number of benzene rings is 1. The molecule has 0 aliphatic heterocycles. The van der Waals surface area contributed by atoms with Gasteiger partial charge in [-0.05, 0) is 69.7 Å². The number of hydrogen-bond donors (Lipinski definition) is 1. The SMILES string of the molecule is COC(=O)C(C)(NCC1CC1)c1c(C)cc(C)cc1C. The van der Waals surface area contributed by atoms with E-state index >= 15 is 0 Å². The van der Waals surface area contributed by atoms with Crippen molar-refractivity contribution in [3.63, 3.8) is 0 Å². The summed E-state index contributed by atoms with van der Waals surface area (Å²) in [5, 5.41) is 3.45. The van der Waals surface area contributed by atoms with Gasteiger partial charge in [0, 0.05) is 0 Å². The maximum absolute atomic E-state index is 12.4. The molecule has 0 aromatic heterocycles. The van der Waals surface area contributed by atoms with Crippen LogP contribution in [0, 0.1) is 26.7 Å². The summed E-state index contributed by atoms with van der Waals surface area (Å²) in [6.45, 7) is 9.02. The highest BCUT2D eigenvalue weighted by molar-refractivity contribution is 5.83. The second kappa shape index (κ2) is 5.57. The summed E-state index contributed by atoms with van der Waals surface area (Å²) in [5.41, 5.74) is 3.78. The second-order valence-corrected chi connectivity index (χ2v) is 6.21. The fraction of sp³-hybridized carbons (Fsp3) is 0.588. The Morgan fingerprint density at radius 1 is 1.30 bits per heavy atom. The molecular formula is C17H25NO2. The lowest BCUT2D eigenvalue weighted by Crippen LogP contribution is -2.49. The smallest absolute Gasteiger partial charge is 0.330 e. The van der Waals surface area contributed by atoms with Crippen molar-refractivity contribution in [1.29, 1.82) is 0 Å². The zero-order chi connectivity index (χ0) is 14.9. The standard InChI is InChI=1S/C17H25NO2/c1-11-8-12(2)15(13(3)9-11)17(4,16(19)20-5)18-10-14-6-7-14/h8-9,14,18H,6-7,10H2,1-5H3. The molecule has 1 atom stereocenters. The van der Waals surface area contributed by atoms with Gasteiger partial charge in [-0.2, -0.15) is 0 Å². The predicted octanol–water partition coefficient (Wildman–Crippen LogP) is 3.00. The van der Waals surface area contributed by atoms with Crippen LogP contribution in [0.1, 0.15) is 42.0 Å². The first-order chi connectivity index (χ1) is 9.38. The summed E-state index contributed by atoms with van der Waals surface area (Å²) in [6.07, 6.45) is 2.52. The van der Waals surface area contributed by atoms with Gasteiger partial charge in [0.1, 0.15) is 5.54 Å². The van der Waals surface area contributed by atoms with Gasteiger partial charge in [0.15, 0.2) is 0 Å². The molecule has 1 saturated carbocycles. The Morgan fingerprint density at radius 3 is 2.30 bits per heavy atom. The molecule has 3 heteroatoms. The van der Waals surface area contributed by atoms with Crippen molar-refractivity contribution in [2.24, 2.45) is 5.92 Å². The maximum atomic E-state index is 12.4. The minimum Gasteiger partial charge on any atom is -0.467 e. The molecule has 110 valence electrons. The van der Waals surface area contributed by atoms with Crippen molar-refractivity contribution < 1.29 is 9.53 Å². The van der Waals surface area contributed by atoms with Crippen LogP contribution >= 0.6 is 0 Å². The van der Waals surface area contributed by atoms with E-state index in [-0.39, 0.29) is 5.97 Å². The van der Waals surface area contributed by atoms with Crippen molar-refractivity contribution in [3.05, 3.63) is 34.4 Å². The lowest BCUT2D eigenvalue weighted by atomic mass is 9.84. The molecule has 1 fully saturated rings. The molecule has 0 heterocycles. The van der Waals surface area contributed by atoms with Gasteiger partial charge in [-0.3, -0.25) is 5.32 Å². The fourth-order valence-corrected chi connectivity index (χ4v) is 3.11. The topological polar surface area (TPSA) is 38.3 Å². The number of esters is 1. The molecule has 20 heavy (non-hydrogen) atoms. The monoisotopic (exact) mass is 275 g/mol. The Kier molecular flexibility index (Phi) is 4.19. The van der Waals surface area contributed by atoms with Crippen molar-refractivity contribution >= 4 is 5.97 Å². The van der Waals surface area contributed by atoms with E-state index in [0.717, 1.165) is 23.2 Å². The number of rotatable bonds is 5. The lowest BCUT2D eigenvalue weighted by molar-refractivity contribution is -0.148. The summed E-state index contributed by atoms with van der Waals surface area (Å²) in [5.74, 6) is 0.498. The Hall–Kier alpha value is -1.35. The summed E-state index contributed by atoms with van der Waals surface area (Å²) in [7, 11) is 1.46. The normalized spacial score (nSPS) is 17.6. The van der Waals surface area contributed by atoms with Crippen molar-refractivity contribution in [2.75, 3.05) is 13.7 Å². The van der Waals surface area contributed by atoms with Gasteiger partial charge in [-0.25, -0.2) is 4.79 Å². The minimum absolute atomic E-state index is 0.215. The molecule has 0 spiro atoms. The zero-order valence-corrected chi connectivity index (χ0v) is 13.2. The number of methoxy groups -OCH3 is 1. The third-order valence-electron chi connectivity index (χ3n) is 4.21. The van der Waals surface area contributed by atoms with Crippen molar-refractivity contribution in [2.45, 2.75) is 46.1 Å². The van der Waals surface area contributed by atoms with E-state index in [4.69, 9.17) is 4.74 Å². The molecule has 3 nitrogen and oxygen atoms in total. The van der Waals surface area contributed by atoms with Gasteiger partial charge < -0.3 is 4.74 Å². The Morgan fingerprint density at radius 2 is 1.85 bits per heavy atom. The van der Waals surface area contributed by atoms with Crippen LogP contribution in [-0.4, -0.2) is 19.6 Å². The molecule has 0 amide bonds. The van der Waals surface area contributed by atoms with Crippen LogP contribution in [0.3, 0.4) is 0 Å². The Labute approximate surface area is 121 Å².